The van der Waals surface area contributed by atoms with Crippen molar-refractivity contribution in [3.8, 4) is 0 Å². The van der Waals surface area contributed by atoms with Gasteiger partial charge in [-0.25, -0.2) is 0 Å². The standard InChI is InChI=1S/C13H21N3/c1-11-5-3-6-13(15-11)10-16-8-4-7-12(9-16)14-2/h3,5-6,12,14H,4,7-10H2,1-2H3. The average molecular weight is 219 g/mol. The molecule has 3 nitrogen and oxygen atoms in total. The van der Waals surface area contributed by atoms with E-state index >= 15 is 0 Å². The number of piperidine rings is 1. The molecule has 1 atom stereocenters. The van der Waals surface area contributed by atoms with E-state index in [0.29, 0.717) is 6.04 Å². The summed E-state index contributed by atoms with van der Waals surface area (Å²) < 4.78 is 0. The van der Waals surface area contributed by atoms with Crippen LogP contribution in [0.3, 0.4) is 0 Å². The Morgan fingerprint density at radius 2 is 2.38 bits per heavy atom. The Morgan fingerprint density at radius 3 is 3.12 bits per heavy atom. The maximum absolute atomic E-state index is 4.56. The number of likely N-dealkylation sites (tertiary alicyclic amines) is 1. The minimum absolute atomic E-state index is 0.651. The highest BCUT2D eigenvalue weighted by molar-refractivity contribution is 5.09. The molecule has 16 heavy (non-hydrogen) atoms. The van der Waals surface area contributed by atoms with Crippen LogP contribution in [0.25, 0.3) is 0 Å². The normalized spacial score (nSPS) is 22.2. The van der Waals surface area contributed by atoms with Crippen molar-refractivity contribution in [3.05, 3.63) is 29.6 Å². The number of nitrogens with zero attached hydrogens (tertiary/aromatic N) is 2. The Kier molecular flexibility index (Phi) is 3.91. The first-order chi connectivity index (χ1) is 7.78. The Morgan fingerprint density at radius 1 is 1.50 bits per heavy atom. The molecular formula is C13H21N3. The molecule has 1 aromatic rings. The lowest BCUT2D eigenvalue weighted by atomic mass is 10.1. The molecule has 1 aromatic heterocycles. The second kappa shape index (κ2) is 5.41. The van der Waals surface area contributed by atoms with Crippen LogP contribution >= 0.6 is 0 Å². The highest BCUT2D eigenvalue weighted by atomic mass is 15.2. The predicted octanol–water partition coefficient (Wildman–Crippen LogP) is 1.57. The van der Waals surface area contributed by atoms with Gasteiger partial charge in [0, 0.05) is 24.8 Å². The van der Waals surface area contributed by atoms with Gasteiger partial charge in [-0.15, -0.1) is 0 Å². The molecule has 1 unspecified atom stereocenters. The molecule has 0 amide bonds. The molecule has 88 valence electrons. The third-order valence-electron chi connectivity index (χ3n) is 3.25. The number of aryl methyl sites for hydroxylation is 1. The van der Waals surface area contributed by atoms with Crippen molar-refractivity contribution in [2.24, 2.45) is 0 Å². The largest absolute Gasteiger partial charge is 0.316 e. The summed E-state index contributed by atoms with van der Waals surface area (Å²) >= 11 is 0. The van der Waals surface area contributed by atoms with Gasteiger partial charge in [-0.3, -0.25) is 9.88 Å². The summed E-state index contributed by atoms with van der Waals surface area (Å²) in [5.41, 5.74) is 2.30. The molecule has 1 aliphatic rings. The Bertz CT molecular complexity index is 338. The summed E-state index contributed by atoms with van der Waals surface area (Å²) in [6.07, 6.45) is 2.59. The Labute approximate surface area is 97.9 Å². The first-order valence-corrected chi connectivity index (χ1v) is 6.10. The van der Waals surface area contributed by atoms with E-state index < -0.39 is 0 Å². The van der Waals surface area contributed by atoms with Crippen molar-refractivity contribution in [2.45, 2.75) is 32.4 Å². The maximum atomic E-state index is 4.56. The first kappa shape index (κ1) is 11.6. The van der Waals surface area contributed by atoms with Gasteiger partial charge in [0.05, 0.1) is 5.69 Å². The minimum Gasteiger partial charge on any atom is -0.316 e. The molecule has 0 aliphatic carbocycles. The van der Waals surface area contributed by atoms with E-state index in [0.717, 1.165) is 18.8 Å². The zero-order chi connectivity index (χ0) is 11.4. The fourth-order valence-corrected chi connectivity index (χ4v) is 2.35. The molecule has 0 saturated carbocycles. The Balaban J connectivity index is 1.94. The zero-order valence-corrected chi connectivity index (χ0v) is 10.2. The highest BCUT2D eigenvalue weighted by Gasteiger charge is 2.18. The summed E-state index contributed by atoms with van der Waals surface area (Å²) in [5, 5.41) is 3.37. The number of aromatic nitrogens is 1. The lowest BCUT2D eigenvalue weighted by Gasteiger charge is -2.32. The molecule has 2 heterocycles. The van der Waals surface area contributed by atoms with Gasteiger partial charge < -0.3 is 5.32 Å². The number of hydrogen-bond acceptors (Lipinski definition) is 3. The van der Waals surface area contributed by atoms with Crippen molar-refractivity contribution in [2.75, 3.05) is 20.1 Å². The van der Waals surface area contributed by atoms with E-state index in [9.17, 15) is 0 Å². The van der Waals surface area contributed by atoms with Crippen molar-refractivity contribution in [1.29, 1.82) is 0 Å². The van der Waals surface area contributed by atoms with Gasteiger partial charge in [0.1, 0.15) is 0 Å². The highest BCUT2D eigenvalue weighted by Crippen LogP contribution is 2.12. The van der Waals surface area contributed by atoms with Crippen LogP contribution in [0, 0.1) is 6.92 Å². The van der Waals surface area contributed by atoms with Gasteiger partial charge in [-0.05, 0) is 45.5 Å². The van der Waals surface area contributed by atoms with Crippen molar-refractivity contribution >= 4 is 0 Å². The number of rotatable bonds is 3. The first-order valence-electron chi connectivity index (χ1n) is 6.10. The number of hydrogen-bond donors (Lipinski definition) is 1. The second-order valence-corrected chi connectivity index (χ2v) is 4.63. The van der Waals surface area contributed by atoms with Gasteiger partial charge in [0.15, 0.2) is 0 Å². The topological polar surface area (TPSA) is 28.2 Å². The molecule has 1 saturated heterocycles. The van der Waals surface area contributed by atoms with E-state index in [-0.39, 0.29) is 0 Å². The molecule has 0 radical (unpaired) electrons. The molecule has 1 N–H and O–H groups in total. The molecule has 3 heteroatoms. The van der Waals surface area contributed by atoms with E-state index in [1.807, 2.05) is 0 Å². The van der Waals surface area contributed by atoms with Gasteiger partial charge in [-0.1, -0.05) is 6.07 Å². The third kappa shape index (κ3) is 3.03. The van der Waals surface area contributed by atoms with E-state index in [1.165, 1.54) is 25.1 Å². The van der Waals surface area contributed by atoms with Crippen LogP contribution in [0.5, 0.6) is 0 Å². The monoisotopic (exact) mass is 219 g/mol. The van der Waals surface area contributed by atoms with Crippen LogP contribution in [-0.2, 0) is 6.54 Å². The van der Waals surface area contributed by atoms with E-state index in [4.69, 9.17) is 0 Å². The third-order valence-corrected chi connectivity index (χ3v) is 3.25. The molecule has 1 aliphatic heterocycles. The van der Waals surface area contributed by atoms with Crippen LogP contribution in [0.15, 0.2) is 18.2 Å². The van der Waals surface area contributed by atoms with Crippen molar-refractivity contribution in [1.82, 2.24) is 15.2 Å². The molecule has 1 fully saturated rings. The lowest BCUT2D eigenvalue weighted by Crippen LogP contribution is -2.43. The maximum Gasteiger partial charge on any atom is 0.0547 e. The molecular weight excluding hydrogens is 198 g/mol. The summed E-state index contributed by atoms with van der Waals surface area (Å²) in [5.74, 6) is 0. The van der Waals surface area contributed by atoms with Crippen molar-refractivity contribution in [3.63, 3.8) is 0 Å². The molecule has 0 bridgehead atoms. The number of nitrogens with one attached hydrogen (secondary N) is 1. The number of pyridine rings is 1. The molecule has 0 spiro atoms. The SMILES string of the molecule is CNC1CCCN(Cc2cccc(C)n2)C1. The average Bonchev–Trinajstić information content (AvgIpc) is 2.29. The van der Waals surface area contributed by atoms with Crippen LogP contribution in [-0.4, -0.2) is 36.1 Å². The zero-order valence-electron chi connectivity index (χ0n) is 10.2. The smallest absolute Gasteiger partial charge is 0.0547 e. The molecule has 2 rings (SSSR count). The Hall–Kier alpha value is -0.930. The minimum atomic E-state index is 0.651. The summed E-state index contributed by atoms with van der Waals surface area (Å²) in [7, 11) is 2.05. The summed E-state index contributed by atoms with van der Waals surface area (Å²) in [6.45, 7) is 5.38. The fraction of sp³-hybridized carbons (Fsp3) is 0.615. The summed E-state index contributed by atoms with van der Waals surface area (Å²) in [6, 6.07) is 6.92. The second-order valence-electron chi connectivity index (χ2n) is 4.63. The van der Waals surface area contributed by atoms with E-state index in [2.05, 4.69) is 47.4 Å². The van der Waals surface area contributed by atoms with E-state index in [1.54, 1.807) is 0 Å². The van der Waals surface area contributed by atoms with Crippen LogP contribution in [0.4, 0.5) is 0 Å². The van der Waals surface area contributed by atoms with Crippen LogP contribution < -0.4 is 5.32 Å². The molecule has 0 aromatic carbocycles. The van der Waals surface area contributed by atoms with Gasteiger partial charge in [0.25, 0.3) is 0 Å². The fourth-order valence-electron chi connectivity index (χ4n) is 2.35. The summed E-state index contributed by atoms with van der Waals surface area (Å²) in [4.78, 5) is 7.05. The quantitative estimate of drug-likeness (QED) is 0.836. The van der Waals surface area contributed by atoms with Crippen molar-refractivity contribution < 1.29 is 0 Å². The van der Waals surface area contributed by atoms with Crippen LogP contribution in [0.1, 0.15) is 24.2 Å². The van der Waals surface area contributed by atoms with Crippen LogP contribution in [0.2, 0.25) is 0 Å². The van der Waals surface area contributed by atoms with Gasteiger partial charge in [0.2, 0.25) is 0 Å². The lowest BCUT2D eigenvalue weighted by molar-refractivity contribution is 0.186. The van der Waals surface area contributed by atoms with Gasteiger partial charge >= 0.3 is 0 Å². The number of likely N-dealkylation sites (N-methyl/N-ethyl adjacent to an activating group) is 1. The van der Waals surface area contributed by atoms with Gasteiger partial charge in [-0.2, -0.15) is 0 Å². The predicted molar refractivity (Wildman–Crippen MR) is 66.3 cm³/mol.